The minimum absolute atomic E-state index is 0.0296. The number of nitrogens with zero attached hydrogens (tertiary/aromatic N) is 3. The molecule has 1 atom stereocenters. The minimum Gasteiger partial charge on any atom is -0.443 e. The molecule has 2 aliphatic carbocycles. The van der Waals surface area contributed by atoms with Crippen molar-refractivity contribution in [1.82, 2.24) is 9.88 Å². The summed E-state index contributed by atoms with van der Waals surface area (Å²) in [5.74, 6) is -0.445. The van der Waals surface area contributed by atoms with Crippen LogP contribution < -0.4 is 10.6 Å². The van der Waals surface area contributed by atoms with E-state index >= 15 is 0 Å². The fourth-order valence-electron chi connectivity index (χ4n) is 5.54. The first-order valence-electron chi connectivity index (χ1n) is 13.7. The lowest BCUT2D eigenvalue weighted by atomic mass is 9.77. The predicted octanol–water partition coefficient (Wildman–Crippen LogP) is 5.67. The number of carbonyl (C=O) groups is 3. The first kappa shape index (κ1) is 29.0. The smallest absolute Gasteiger partial charge is 0.421 e. The number of carbonyl (C=O) groups excluding carboxylic acids is 3. The van der Waals surface area contributed by atoms with Crippen LogP contribution in [-0.2, 0) is 19.9 Å². The van der Waals surface area contributed by atoms with Gasteiger partial charge in [-0.2, -0.15) is 0 Å². The predicted molar refractivity (Wildman–Crippen MR) is 151 cm³/mol. The van der Waals surface area contributed by atoms with Crippen LogP contribution >= 0.6 is 11.6 Å². The Hall–Kier alpha value is -2.97. The number of nitrogens with two attached hydrogens (primary N) is 1. The second-order valence-electron chi connectivity index (χ2n) is 11.8. The molecule has 0 radical (unpaired) electrons. The average Bonchev–Trinajstić information content (AvgIpc) is 3.70. The number of rotatable bonds is 7. The molecule has 2 saturated carbocycles. The largest absolute Gasteiger partial charge is 0.443 e. The van der Waals surface area contributed by atoms with Crippen molar-refractivity contribution in [3.63, 3.8) is 0 Å². The van der Waals surface area contributed by atoms with Crippen molar-refractivity contribution in [2.24, 2.45) is 17.6 Å². The zero-order valence-corrected chi connectivity index (χ0v) is 24.0. The summed E-state index contributed by atoms with van der Waals surface area (Å²) < 4.78 is 5.54. The summed E-state index contributed by atoms with van der Waals surface area (Å²) >= 11 is 6.05. The maximum Gasteiger partial charge on any atom is 0.421 e. The monoisotopic (exact) mass is 554 g/mol. The summed E-state index contributed by atoms with van der Waals surface area (Å²) in [5.41, 5.74) is 7.08. The number of aromatic nitrogens is 1. The molecule has 2 N–H and O–H groups in total. The molecule has 4 rings (SSSR count). The van der Waals surface area contributed by atoms with E-state index in [1.807, 2.05) is 36.2 Å². The lowest BCUT2D eigenvalue weighted by Crippen LogP contribution is -2.46. The Bertz CT molecular complexity index is 1170. The maximum atomic E-state index is 13.5. The third-order valence-corrected chi connectivity index (χ3v) is 8.23. The number of hydrogen-bond acceptors (Lipinski definition) is 6. The highest BCUT2D eigenvalue weighted by molar-refractivity contribution is 6.30. The number of amides is 3. The molecule has 2 aromatic rings. The molecule has 2 fully saturated rings. The van der Waals surface area contributed by atoms with Gasteiger partial charge in [-0.3, -0.25) is 14.6 Å². The number of pyridine rings is 1. The number of anilines is 1. The van der Waals surface area contributed by atoms with Crippen LogP contribution in [0.4, 0.5) is 10.5 Å². The van der Waals surface area contributed by atoms with Crippen LogP contribution in [0.1, 0.15) is 71.3 Å². The molecule has 0 spiro atoms. The maximum absolute atomic E-state index is 13.5. The molecule has 1 unspecified atom stereocenters. The van der Waals surface area contributed by atoms with Gasteiger partial charge in [-0.1, -0.05) is 23.7 Å². The number of hydrogen-bond donors (Lipinski definition) is 1. The molecular weight excluding hydrogens is 516 g/mol. The third-order valence-electron chi connectivity index (χ3n) is 7.98. The van der Waals surface area contributed by atoms with Crippen LogP contribution in [0.15, 0.2) is 48.8 Å². The van der Waals surface area contributed by atoms with Gasteiger partial charge in [0.15, 0.2) is 0 Å². The van der Waals surface area contributed by atoms with Crippen molar-refractivity contribution in [2.45, 2.75) is 82.9 Å². The number of benzene rings is 1. The van der Waals surface area contributed by atoms with Crippen molar-refractivity contribution in [3.8, 4) is 0 Å². The Morgan fingerprint density at radius 1 is 1.05 bits per heavy atom. The van der Waals surface area contributed by atoms with Gasteiger partial charge in [-0.05, 0) is 95.0 Å². The molecular formula is C30H39ClN4O4. The molecule has 2 aliphatic rings. The van der Waals surface area contributed by atoms with Gasteiger partial charge in [0.25, 0.3) is 0 Å². The summed E-state index contributed by atoms with van der Waals surface area (Å²) in [7, 11) is 1.86. The van der Waals surface area contributed by atoms with Gasteiger partial charge in [0.2, 0.25) is 11.8 Å². The van der Waals surface area contributed by atoms with E-state index < -0.39 is 11.7 Å². The first-order chi connectivity index (χ1) is 18.4. The molecule has 0 aliphatic heterocycles. The molecule has 0 saturated heterocycles. The van der Waals surface area contributed by atoms with Gasteiger partial charge in [0.1, 0.15) is 5.60 Å². The van der Waals surface area contributed by atoms with Crippen molar-refractivity contribution in [2.75, 3.05) is 11.9 Å². The molecule has 0 bridgehead atoms. The SMILES string of the molecule is CN(C(=O)CC(N)C1CCC(C(=O)N(C(=O)OC(C)(C)C)c2ccncc2)CC1)C1(c2ccc(Cl)cc2)CC1. The summed E-state index contributed by atoms with van der Waals surface area (Å²) in [5, 5.41) is 0.676. The highest BCUT2D eigenvalue weighted by Crippen LogP contribution is 2.50. The summed E-state index contributed by atoms with van der Waals surface area (Å²) in [6.07, 6.45) is 7.13. The highest BCUT2D eigenvalue weighted by Gasteiger charge is 2.50. The molecule has 3 amide bonds. The average molecular weight is 555 g/mol. The Kier molecular flexibility index (Phi) is 8.66. The Morgan fingerprint density at radius 3 is 2.18 bits per heavy atom. The molecule has 9 heteroatoms. The number of ether oxygens (including phenoxy) is 1. The third kappa shape index (κ3) is 6.79. The minimum atomic E-state index is -0.737. The van der Waals surface area contributed by atoms with E-state index in [2.05, 4.69) is 4.98 Å². The van der Waals surface area contributed by atoms with Gasteiger partial charge in [0.05, 0.1) is 11.2 Å². The number of imide groups is 1. The summed E-state index contributed by atoms with van der Waals surface area (Å²) in [6, 6.07) is 10.7. The molecule has 39 heavy (non-hydrogen) atoms. The standard InChI is InChI=1S/C30H39ClN4O4/c1-29(2,3)39-28(38)35(24-13-17-33-18-14-24)27(37)21-7-5-20(6-8-21)25(32)19-26(36)34(4)30(15-16-30)22-9-11-23(31)12-10-22/h9-14,17-18,20-21,25H,5-8,15-16,19,32H2,1-4H3. The van der Waals surface area contributed by atoms with Gasteiger partial charge in [-0.15, -0.1) is 0 Å². The first-order valence-corrected chi connectivity index (χ1v) is 14.0. The zero-order valence-electron chi connectivity index (χ0n) is 23.2. The normalized spacial score (nSPS) is 21.0. The Balaban J connectivity index is 1.35. The van der Waals surface area contributed by atoms with Crippen LogP contribution in [-0.4, -0.2) is 46.5 Å². The quantitative estimate of drug-likeness (QED) is 0.472. The van der Waals surface area contributed by atoms with Crippen molar-refractivity contribution < 1.29 is 19.1 Å². The lowest BCUT2D eigenvalue weighted by molar-refractivity contribution is -0.134. The van der Waals surface area contributed by atoms with Gasteiger partial charge in [-0.25, -0.2) is 9.69 Å². The molecule has 8 nitrogen and oxygen atoms in total. The van der Waals surface area contributed by atoms with E-state index in [1.165, 1.54) is 0 Å². The fraction of sp³-hybridized carbons (Fsp3) is 0.533. The lowest BCUT2D eigenvalue weighted by Gasteiger charge is -2.35. The van der Waals surface area contributed by atoms with Gasteiger partial charge >= 0.3 is 6.09 Å². The Labute approximate surface area is 235 Å². The summed E-state index contributed by atoms with van der Waals surface area (Å²) in [4.78, 5) is 46.8. The topological polar surface area (TPSA) is 106 Å². The van der Waals surface area contributed by atoms with Crippen LogP contribution in [0.25, 0.3) is 0 Å². The van der Waals surface area contributed by atoms with E-state index in [0.29, 0.717) is 23.6 Å². The molecule has 1 aromatic heterocycles. The summed E-state index contributed by atoms with van der Waals surface area (Å²) in [6.45, 7) is 5.31. The van der Waals surface area contributed by atoms with Gasteiger partial charge < -0.3 is 15.4 Å². The van der Waals surface area contributed by atoms with Crippen LogP contribution in [0.3, 0.4) is 0 Å². The van der Waals surface area contributed by atoms with Crippen molar-refractivity contribution >= 4 is 35.2 Å². The van der Waals surface area contributed by atoms with E-state index in [9.17, 15) is 14.4 Å². The second-order valence-corrected chi connectivity index (χ2v) is 12.3. The van der Waals surface area contributed by atoms with E-state index in [0.717, 1.165) is 36.1 Å². The van der Waals surface area contributed by atoms with Gasteiger partial charge in [0, 0.05) is 42.8 Å². The van der Waals surface area contributed by atoms with Crippen molar-refractivity contribution in [1.29, 1.82) is 0 Å². The van der Waals surface area contributed by atoms with E-state index in [1.54, 1.807) is 45.3 Å². The highest BCUT2D eigenvalue weighted by atomic mass is 35.5. The zero-order chi connectivity index (χ0) is 28.4. The molecule has 1 heterocycles. The van der Waals surface area contributed by atoms with E-state index in [-0.39, 0.29) is 41.7 Å². The second kappa shape index (κ2) is 11.6. The Morgan fingerprint density at radius 2 is 1.64 bits per heavy atom. The van der Waals surface area contributed by atoms with Crippen LogP contribution in [0, 0.1) is 11.8 Å². The molecule has 1 aromatic carbocycles. The number of halogens is 1. The van der Waals surface area contributed by atoms with Crippen molar-refractivity contribution in [3.05, 3.63) is 59.4 Å². The van der Waals surface area contributed by atoms with Crippen LogP contribution in [0.5, 0.6) is 0 Å². The van der Waals surface area contributed by atoms with E-state index in [4.69, 9.17) is 22.1 Å². The van der Waals surface area contributed by atoms with Crippen LogP contribution in [0.2, 0.25) is 5.02 Å². The fourth-order valence-corrected chi connectivity index (χ4v) is 5.67. The molecule has 210 valence electrons.